The number of rotatable bonds is 9. The Hall–Kier alpha value is -2.24. The number of nitrogens with two attached hydrogens (primary N) is 1. The monoisotopic (exact) mass is 281 g/mol. The van der Waals surface area contributed by atoms with Crippen LogP contribution >= 0.6 is 0 Å². The lowest BCUT2D eigenvalue weighted by Gasteiger charge is -2.28. The van der Waals surface area contributed by atoms with Crippen LogP contribution < -0.4 is 5.90 Å². The zero-order valence-corrected chi connectivity index (χ0v) is 9.31. The van der Waals surface area contributed by atoms with Gasteiger partial charge in [0.1, 0.15) is 0 Å². The van der Waals surface area contributed by atoms with Crippen LogP contribution in [0.15, 0.2) is 0 Å². The first-order valence-electron chi connectivity index (χ1n) is 4.58. The van der Waals surface area contributed by atoms with Crippen molar-refractivity contribution in [1.29, 1.82) is 0 Å². The molecular weight excluding hydrogens is 270 g/mol. The Labute approximate surface area is 105 Å². The molecule has 6 N–H and O–H groups in total. The third kappa shape index (κ3) is 4.87. The van der Waals surface area contributed by atoms with Crippen molar-refractivity contribution in [3.63, 3.8) is 0 Å². The summed E-state index contributed by atoms with van der Waals surface area (Å²) in [5.41, 5.74) is -2.82. The summed E-state index contributed by atoms with van der Waals surface area (Å²) in [6.07, 6.45) is -4.90. The molecule has 108 valence electrons. The minimum absolute atomic E-state index is 1.29. The molecule has 0 bridgehead atoms. The number of aliphatic carboxylic acids is 4. The molecule has 0 rings (SSSR count). The highest BCUT2D eigenvalue weighted by atomic mass is 16.8. The lowest BCUT2D eigenvalue weighted by Crippen LogP contribution is -2.50. The summed E-state index contributed by atoms with van der Waals surface area (Å²) in [6.45, 7) is 0. The van der Waals surface area contributed by atoms with Crippen LogP contribution in [-0.2, 0) is 28.8 Å². The van der Waals surface area contributed by atoms with Gasteiger partial charge in [0.25, 0.3) is 6.29 Å². The maximum absolute atomic E-state index is 11.0. The van der Waals surface area contributed by atoms with Crippen molar-refractivity contribution in [2.45, 2.75) is 24.7 Å². The Bertz CT molecular complexity index is 375. The first-order valence-corrected chi connectivity index (χ1v) is 4.58. The molecule has 0 saturated carbocycles. The lowest BCUT2D eigenvalue weighted by atomic mass is 9.95. The zero-order valence-electron chi connectivity index (χ0n) is 9.31. The quantitative estimate of drug-likeness (QED) is 0.233. The number of carboxylic acid groups (broad SMARTS) is 4. The van der Waals surface area contributed by atoms with E-state index in [9.17, 15) is 19.2 Å². The van der Waals surface area contributed by atoms with Crippen LogP contribution in [0, 0.1) is 0 Å². The van der Waals surface area contributed by atoms with E-state index < -0.39 is 48.6 Å². The van der Waals surface area contributed by atoms with Gasteiger partial charge in [-0.2, -0.15) is 0 Å². The van der Waals surface area contributed by atoms with E-state index in [4.69, 9.17) is 20.4 Å². The standard InChI is InChI=1S/C8H11NO10/c9-19-6(5(14)15)18-8(7(16)17,1-3(10)11)2-4(12)13/h6H,1-2,9H2,(H,10,11)(H,12,13)(H,14,15)(H,16,17). The van der Waals surface area contributed by atoms with Crippen molar-refractivity contribution in [1.82, 2.24) is 0 Å². The number of ether oxygens (including phenoxy) is 1. The van der Waals surface area contributed by atoms with Gasteiger partial charge in [-0.1, -0.05) is 0 Å². The van der Waals surface area contributed by atoms with Crippen molar-refractivity contribution in [2.24, 2.45) is 5.90 Å². The zero-order chi connectivity index (χ0) is 15.2. The van der Waals surface area contributed by atoms with Gasteiger partial charge in [-0.15, -0.1) is 0 Å². The second-order valence-corrected chi connectivity index (χ2v) is 3.36. The summed E-state index contributed by atoms with van der Waals surface area (Å²) >= 11 is 0. The Kier molecular flexibility index (Phi) is 5.85. The van der Waals surface area contributed by atoms with Gasteiger partial charge in [-0.3, -0.25) is 14.4 Å². The fourth-order valence-corrected chi connectivity index (χ4v) is 1.18. The first-order chi connectivity index (χ1) is 8.64. The molecule has 0 heterocycles. The Morgan fingerprint density at radius 2 is 1.42 bits per heavy atom. The van der Waals surface area contributed by atoms with Gasteiger partial charge < -0.3 is 25.2 Å². The van der Waals surface area contributed by atoms with Crippen LogP contribution in [0.5, 0.6) is 0 Å². The number of hydrogen-bond acceptors (Lipinski definition) is 7. The van der Waals surface area contributed by atoms with Gasteiger partial charge in [0.2, 0.25) is 0 Å². The lowest BCUT2D eigenvalue weighted by molar-refractivity contribution is -0.235. The SMILES string of the molecule is NOC(OC(CC(=O)O)(CC(=O)O)C(=O)O)C(=O)O. The molecule has 0 radical (unpaired) electrons. The average molecular weight is 281 g/mol. The van der Waals surface area contributed by atoms with Crippen molar-refractivity contribution < 1.29 is 49.2 Å². The summed E-state index contributed by atoms with van der Waals surface area (Å²) in [4.78, 5) is 46.6. The van der Waals surface area contributed by atoms with Gasteiger partial charge in [0.15, 0.2) is 5.60 Å². The molecule has 0 aliphatic heterocycles. The molecule has 0 aromatic carbocycles. The minimum atomic E-state index is -2.82. The first kappa shape index (κ1) is 16.8. The number of carbonyl (C=O) groups is 4. The summed E-state index contributed by atoms with van der Waals surface area (Å²) < 4.78 is 4.42. The third-order valence-corrected chi connectivity index (χ3v) is 1.92. The minimum Gasteiger partial charge on any atom is -0.481 e. The predicted octanol–water partition coefficient (Wildman–Crippen LogP) is -1.92. The van der Waals surface area contributed by atoms with E-state index in [1.807, 2.05) is 0 Å². The second-order valence-electron chi connectivity index (χ2n) is 3.36. The van der Waals surface area contributed by atoms with E-state index in [-0.39, 0.29) is 0 Å². The molecule has 19 heavy (non-hydrogen) atoms. The summed E-state index contributed by atoms with van der Waals surface area (Å²) in [7, 11) is 0. The van der Waals surface area contributed by atoms with Crippen molar-refractivity contribution in [2.75, 3.05) is 0 Å². The normalized spacial score (nSPS) is 12.7. The summed E-state index contributed by atoms with van der Waals surface area (Å²) in [5, 5.41) is 34.6. The van der Waals surface area contributed by atoms with E-state index in [2.05, 4.69) is 15.5 Å². The van der Waals surface area contributed by atoms with Gasteiger partial charge in [0.05, 0.1) is 12.8 Å². The van der Waals surface area contributed by atoms with Crippen molar-refractivity contribution in [3.8, 4) is 0 Å². The van der Waals surface area contributed by atoms with Crippen molar-refractivity contribution in [3.05, 3.63) is 0 Å². The number of hydrogen-bond donors (Lipinski definition) is 5. The Morgan fingerprint density at radius 3 is 1.63 bits per heavy atom. The second kappa shape index (κ2) is 6.63. The third-order valence-electron chi connectivity index (χ3n) is 1.92. The summed E-state index contributed by atoms with van der Waals surface area (Å²) in [5.74, 6) is -2.67. The largest absolute Gasteiger partial charge is 0.481 e. The fourth-order valence-electron chi connectivity index (χ4n) is 1.18. The Morgan fingerprint density at radius 1 is 1.00 bits per heavy atom. The molecular formula is C8H11NO10. The molecule has 11 nitrogen and oxygen atoms in total. The summed E-state index contributed by atoms with van der Waals surface area (Å²) in [6, 6.07) is 0. The molecule has 1 unspecified atom stereocenters. The van der Waals surface area contributed by atoms with E-state index in [0.717, 1.165) is 0 Å². The highest BCUT2D eigenvalue weighted by Gasteiger charge is 2.48. The predicted molar refractivity (Wildman–Crippen MR) is 52.7 cm³/mol. The average Bonchev–Trinajstić information content (AvgIpc) is 2.22. The fraction of sp³-hybridized carbons (Fsp3) is 0.500. The molecule has 0 fully saturated rings. The van der Waals surface area contributed by atoms with Crippen LogP contribution in [0.4, 0.5) is 0 Å². The molecule has 11 heteroatoms. The molecule has 0 aliphatic rings. The van der Waals surface area contributed by atoms with Crippen LogP contribution in [0.2, 0.25) is 0 Å². The molecule has 0 amide bonds. The maximum Gasteiger partial charge on any atom is 0.362 e. The van der Waals surface area contributed by atoms with E-state index >= 15 is 0 Å². The Balaban J connectivity index is 5.42. The van der Waals surface area contributed by atoms with Gasteiger partial charge in [-0.05, 0) is 0 Å². The van der Waals surface area contributed by atoms with Gasteiger partial charge in [0, 0.05) is 0 Å². The molecule has 0 saturated heterocycles. The van der Waals surface area contributed by atoms with Crippen LogP contribution in [0.1, 0.15) is 12.8 Å². The highest BCUT2D eigenvalue weighted by molar-refractivity contribution is 5.88. The van der Waals surface area contributed by atoms with E-state index in [1.54, 1.807) is 0 Å². The molecule has 0 aromatic rings. The maximum atomic E-state index is 11.0. The van der Waals surface area contributed by atoms with Crippen LogP contribution in [0.25, 0.3) is 0 Å². The van der Waals surface area contributed by atoms with E-state index in [0.29, 0.717) is 0 Å². The van der Waals surface area contributed by atoms with Gasteiger partial charge >= 0.3 is 23.9 Å². The van der Waals surface area contributed by atoms with Gasteiger partial charge in [-0.25, -0.2) is 15.5 Å². The smallest absolute Gasteiger partial charge is 0.362 e. The molecule has 1 atom stereocenters. The molecule has 0 spiro atoms. The van der Waals surface area contributed by atoms with Crippen LogP contribution in [-0.4, -0.2) is 56.2 Å². The molecule has 0 aliphatic carbocycles. The van der Waals surface area contributed by atoms with E-state index in [1.165, 1.54) is 0 Å². The van der Waals surface area contributed by atoms with Crippen molar-refractivity contribution >= 4 is 23.9 Å². The topological polar surface area (TPSA) is 194 Å². The molecule has 0 aromatic heterocycles. The van der Waals surface area contributed by atoms with Crippen LogP contribution in [0.3, 0.4) is 0 Å². The highest BCUT2D eigenvalue weighted by Crippen LogP contribution is 2.24. The number of carboxylic acids is 4.